The number of hydrogen-bond donors (Lipinski definition) is 1. The standard InChI is InChI=1S/C9H13ClN2O2/c1-3-6(4-2)14-7-5-11-12-9(13)8(7)10/h5-6H,3-4H2,1-2H3,(H,12,13). The zero-order valence-corrected chi connectivity index (χ0v) is 8.97. The van der Waals surface area contributed by atoms with E-state index >= 15 is 0 Å². The Morgan fingerprint density at radius 1 is 1.57 bits per heavy atom. The maximum Gasteiger partial charge on any atom is 0.286 e. The summed E-state index contributed by atoms with van der Waals surface area (Å²) in [6.07, 6.45) is 3.25. The smallest absolute Gasteiger partial charge is 0.286 e. The first-order valence-electron chi connectivity index (χ1n) is 4.58. The van der Waals surface area contributed by atoms with Crippen LogP contribution in [0.4, 0.5) is 0 Å². The fourth-order valence-electron chi connectivity index (χ4n) is 1.08. The van der Waals surface area contributed by atoms with Crippen LogP contribution in [0, 0.1) is 0 Å². The van der Waals surface area contributed by atoms with Crippen molar-refractivity contribution in [3.63, 3.8) is 0 Å². The third kappa shape index (κ3) is 2.48. The zero-order chi connectivity index (χ0) is 10.6. The first-order valence-corrected chi connectivity index (χ1v) is 4.96. The van der Waals surface area contributed by atoms with E-state index in [-0.39, 0.29) is 11.1 Å². The molecule has 0 aliphatic heterocycles. The maximum atomic E-state index is 11.1. The molecule has 5 heteroatoms. The predicted molar refractivity (Wildman–Crippen MR) is 54.9 cm³/mol. The highest BCUT2D eigenvalue weighted by Gasteiger charge is 2.10. The molecule has 0 atom stereocenters. The van der Waals surface area contributed by atoms with E-state index in [9.17, 15) is 4.79 Å². The van der Waals surface area contributed by atoms with Crippen molar-refractivity contribution in [1.29, 1.82) is 0 Å². The molecule has 4 nitrogen and oxygen atoms in total. The summed E-state index contributed by atoms with van der Waals surface area (Å²) in [7, 11) is 0. The average molecular weight is 217 g/mol. The van der Waals surface area contributed by atoms with E-state index in [1.165, 1.54) is 6.20 Å². The number of rotatable bonds is 4. The SMILES string of the molecule is CCC(CC)Oc1cn[nH]c(=O)c1Cl. The Morgan fingerprint density at radius 3 is 2.79 bits per heavy atom. The van der Waals surface area contributed by atoms with Gasteiger partial charge in [-0.1, -0.05) is 25.4 Å². The fourth-order valence-corrected chi connectivity index (χ4v) is 1.22. The van der Waals surface area contributed by atoms with Crippen molar-refractivity contribution in [3.8, 4) is 5.75 Å². The van der Waals surface area contributed by atoms with Gasteiger partial charge in [-0.3, -0.25) is 4.79 Å². The van der Waals surface area contributed by atoms with E-state index in [1.54, 1.807) is 0 Å². The van der Waals surface area contributed by atoms with E-state index in [2.05, 4.69) is 10.2 Å². The Balaban J connectivity index is 2.86. The molecule has 1 aromatic rings. The molecular weight excluding hydrogens is 204 g/mol. The number of hydrogen-bond acceptors (Lipinski definition) is 3. The van der Waals surface area contributed by atoms with Crippen molar-refractivity contribution in [1.82, 2.24) is 10.2 Å². The van der Waals surface area contributed by atoms with Crippen LogP contribution in [0.5, 0.6) is 5.75 Å². The molecule has 0 saturated carbocycles. The molecule has 0 unspecified atom stereocenters. The molecule has 0 aliphatic carbocycles. The van der Waals surface area contributed by atoms with Crippen LogP contribution in [0.1, 0.15) is 26.7 Å². The summed E-state index contributed by atoms with van der Waals surface area (Å²) >= 11 is 5.74. The van der Waals surface area contributed by atoms with Gasteiger partial charge in [0.2, 0.25) is 0 Å². The predicted octanol–water partition coefficient (Wildman–Crippen LogP) is 1.99. The molecular formula is C9H13ClN2O2. The molecule has 0 aromatic carbocycles. The third-order valence-corrected chi connectivity index (χ3v) is 2.33. The number of H-pyrrole nitrogens is 1. The molecule has 78 valence electrons. The molecule has 1 N–H and O–H groups in total. The number of nitrogens with one attached hydrogen (secondary N) is 1. The molecule has 0 fully saturated rings. The highest BCUT2D eigenvalue weighted by atomic mass is 35.5. The lowest BCUT2D eigenvalue weighted by Crippen LogP contribution is -2.17. The van der Waals surface area contributed by atoms with Gasteiger partial charge >= 0.3 is 0 Å². The Hall–Kier alpha value is -1.03. The van der Waals surface area contributed by atoms with Crippen molar-refractivity contribution in [3.05, 3.63) is 21.6 Å². The van der Waals surface area contributed by atoms with Crippen molar-refractivity contribution >= 4 is 11.6 Å². The second-order valence-corrected chi connectivity index (χ2v) is 3.31. The summed E-state index contributed by atoms with van der Waals surface area (Å²) in [5.41, 5.74) is -0.421. The lowest BCUT2D eigenvalue weighted by molar-refractivity contribution is 0.191. The van der Waals surface area contributed by atoms with Crippen LogP contribution in [0.2, 0.25) is 5.02 Å². The summed E-state index contributed by atoms with van der Waals surface area (Å²) in [6.45, 7) is 4.03. The van der Waals surface area contributed by atoms with Crippen molar-refractivity contribution in [2.45, 2.75) is 32.8 Å². The number of ether oxygens (including phenoxy) is 1. The van der Waals surface area contributed by atoms with Gasteiger partial charge in [0.25, 0.3) is 5.56 Å². The lowest BCUT2D eigenvalue weighted by Gasteiger charge is -2.15. The largest absolute Gasteiger partial charge is 0.487 e. The number of aromatic nitrogens is 2. The van der Waals surface area contributed by atoms with Gasteiger partial charge in [0.05, 0.1) is 12.3 Å². The molecule has 0 saturated heterocycles. The van der Waals surface area contributed by atoms with Crippen LogP contribution in [0.25, 0.3) is 0 Å². The molecule has 1 aromatic heterocycles. The minimum atomic E-state index is -0.421. The Bertz CT molecular complexity index is 347. The summed E-state index contributed by atoms with van der Waals surface area (Å²) in [6, 6.07) is 0. The monoisotopic (exact) mass is 216 g/mol. The molecule has 0 radical (unpaired) electrons. The molecule has 0 spiro atoms. The van der Waals surface area contributed by atoms with Gasteiger partial charge in [-0.05, 0) is 12.8 Å². The Kier molecular flexibility index (Phi) is 3.95. The Morgan fingerprint density at radius 2 is 2.21 bits per heavy atom. The van der Waals surface area contributed by atoms with Gasteiger partial charge in [-0.2, -0.15) is 5.10 Å². The second-order valence-electron chi connectivity index (χ2n) is 2.93. The quantitative estimate of drug-likeness (QED) is 0.838. The molecule has 0 bridgehead atoms. The molecule has 0 amide bonds. The third-order valence-electron chi connectivity index (χ3n) is 1.97. The van der Waals surface area contributed by atoms with Gasteiger partial charge < -0.3 is 4.74 Å². The van der Waals surface area contributed by atoms with Crippen molar-refractivity contribution in [2.24, 2.45) is 0 Å². The van der Waals surface area contributed by atoms with Crippen LogP contribution in [-0.2, 0) is 0 Å². The number of aromatic amines is 1. The maximum absolute atomic E-state index is 11.1. The molecule has 1 rings (SSSR count). The summed E-state index contributed by atoms with van der Waals surface area (Å²) in [5.74, 6) is 0.351. The van der Waals surface area contributed by atoms with Gasteiger partial charge in [0, 0.05) is 0 Å². The van der Waals surface area contributed by atoms with Crippen LogP contribution < -0.4 is 10.3 Å². The summed E-state index contributed by atoms with van der Waals surface area (Å²) in [5, 5.41) is 5.91. The molecule has 14 heavy (non-hydrogen) atoms. The number of halogens is 1. The topological polar surface area (TPSA) is 55.0 Å². The van der Waals surface area contributed by atoms with Crippen LogP contribution in [0.3, 0.4) is 0 Å². The van der Waals surface area contributed by atoms with E-state index in [4.69, 9.17) is 16.3 Å². The van der Waals surface area contributed by atoms with E-state index in [0.29, 0.717) is 5.75 Å². The van der Waals surface area contributed by atoms with E-state index in [0.717, 1.165) is 12.8 Å². The normalized spacial score (nSPS) is 10.6. The fraction of sp³-hybridized carbons (Fsp3) is 0.556. The van der Waals surface area contributed by atoms with Gasteiger partial charge in [0.1, 0.15) is 0 Å². The highest BCUT2D eigenvalue weighted by molar-refractivity contribution is 6.31. The first kappa shape index (κ1) is 11.0. The van der Waals surface area contributed by atoms with Crippen LogP contribution in [-0.4, -0.2) is 16.3 Å². The van der Waals surface area contributed by atoms with Gasteiger partial charge in [-0.15, -0.1) is 0 Å². The van der Waals surface area contributed by atoms with Crippen LogP contribution in [0.15, 0.2) is 11.0 Å². The minimum absolute atomic E-state index is 0.0619. The van der Waals surface area contributed by atoms with Crippen LogP contribution >= 0.6 is 11.6 Å². The summed E-state index contributed by atoms with van der Waals surface area (Å²) < 4.78 is 5.51. The van der Waals surface area contributed by atoms with Crippen molar-refractivity contribution < 1.29 is 4.74 Å². The van der Waals surface area contributed by atoms with E-state index < -0.39 is 5.56 Å². The first-order chi connectivity index (χ1) is 6.69. The van der Waals surface area contributed by atoms with Crippen molar-refractivity contribution in [2.75, 3.05) is 0 Å². The van der Waals surface area contributed by atoms with E-state index in [1.807, 2.05) is 13.8 Å². The second kappa shape index (κ2) is 5.00. The summed E-state index contributed by atoms with van der Waals surface area (Å²) in [4.78, 5) is 11.1. The zero-order valence-electron chi connectivity index (χ0n) is 8.21. The Labute approximate surface area is 87.2 Å². The van der Waals surface area contributed by atoms with Gasteiger partial charge in [-0.25, -0.2) is 5.10 Å². The minimum Gasteiger partial charge on any atom is -0.487 e. The molecule has 0 aliphatic rings. The lowest BCUT2D eigenvalue weighted by atomic mass is 10.2. The molecule has 1 heterocycles. The highest BCUT2D eigenvalue weighted by Crippen LogP contribution is 2.20. The number of nitrogens with zero attached hydrogens (tertiary/aromatic N) is 1. The average Bonchev–Trinajstić information content (AvgIpc) is 2.20. The van der Waals surface area contributed by atoms with Gasteiger partial charge in [0.15, 0.2) is 10.8 Å².